The van der Waals surface area contributed by atoms with Gasteiger partial charge in [0.05, 0.1) is 24.0 Å². The van der Waals surface area contributed by atoms with Crippen molar-refractivity contribution in [2.24, 2.45) is 0 Å². The highest BCUT2D eigenvalue weighted by atomic mass is 35.5. The third-order valence-electron chi connectivity index (χ3n) is 6.11. The molecule has 0 N–H and O–H groups in total. The molecule has 1 saturated heterocycles. The Kier molecular flexibility index (Phi) is 5.83. The Morgan fingerprint density at radius 3 is 2.47 bits per heavy atom. The van der Waals surface area contributed by atoms with E-state index in [0.717, 1.165) is 10.9 Å². The van der Waals surface area contributed by atoms with E-state index in [1.54, 1.807) is 33.7 Å². The molecule has 3 heterocycles. The molecule has 34 heavy (non-hydrogen) atoms. The number of benzene rings is 2. The quantitative estimate of drug-likeness (QED) is 0.446. The monoisotopic (exact) mass is 472 g/mol. The Morgan fingerprint density at radius 1 is 1.03 bits per heavy atom. The zero-order valence-electron chi connectivity index (χ0n) is 18.3. The fraction of sp³-hybridized carbons (Fsp3) is 0.192. The number of fused-ring (bicyclic) bond motifs is 1. The van der Waals surface area contributed by atoms with Crippen molar-refractivity contribution in [2.45, 2.75) is 6.54 Å². The van der Waals surface area contributed by atoms with Crippen LogP contribution in [0, 0.1) is 11.3 Å². The highest BCUT2D eigenvalue weighted by Gasteiger charge is 2.28. The van der Waals surface area contributed by atoms with Crippen LogP contribution >= 0.6 is 11.6 Å². The van der Waals surface area contributed by atoms with Gasteiger partial charge in [-0.2, -0.15) is 5.26 Å². The number of nitriles is 1. The van der Waals surface area contributed by atoms with Crippen LogP contribution in [0.5, 0.6) is 0 Å². The molecule has 0 aliphatic carbocycles. The molecule has 170 valence electrons. The van der Waals surface area contributed by atoms with E-state index in [9.17, 15) is 14.9 Å². The number of piperazine rings is 1. The summed E-state index contributed by atoms with van der Waals surface area (Å²) < 4.78 is 6.86. The van der Waals surface area contributed by atoms with E-state index in [4.69, 9.17) is 16.0 Å². The van der Waals surface area contributed by atoms with E-state index in [0.29, 0.717) is 54.7 Å². The van der Waals surface area contributed by atoms with Gasteiger partial charge in [-0.3, -0.25) is 9.59 Å². The lowest BCUT2D eigenvalue weighted by molar-refractivity contribution is 0.0715. The number of carbonyl (C=O) groups excluding carboxylic acids is 1. The molecular formula is C26H21ClN4O3. The van der Waals surface area contributed by atoms with E-state index < -0.39 is 0 Å². The lowest BCUT2D eigenvalue weighted by Gasteiger charge is -2.36. The van der Waals surface area contributed by atoms with Crippen molar-refractivity contribution in [1.29, 1.82) is 5.26 Å². The summed E-state index contributed by atoms with van der Waals surface area (Å²) in [6.45, 7) is 2.19. The molecule has 2 aromatic heterocycles. The number of aromatic nitrogens is 1. The predicted molar refractivity (Wildman–Crippen MR) is 130 cm³/mol. The summed E-state index contributed by atoms with van der Waals surface area (Å²) in [7, 11) is 0. The van der Waals surface area contributed by atoms with Crippen molar-refractivity contribution < 1.29 is 9.21 Å². The van der Waals surface area contributed by atoms with Crippen LogP contribution in [0.3, 0.4) is 0 Å². The molecule has 0 spiro atoms. The Balaban J connectivity index is 1.55. The maximum absolute atomic E-state index is 13.5. The number of hydrogen-bond acceptors (Lipinski definition) is 5. The zero-order chi connectivity index (χ0) is 23.7. The summed E-state index contributed by atoms with van der Waals surface area (Å²) in [5, 5.41) is 11.3. The van der Waals surface area contributed by atoms with Gasteiger partial charge in [0, 0.05) is 36.6 Å². The number of furan rings is 1. The van der Waals surface area contributed by atoms with E-state index in [1.165, 1.54) is 6.26 Å². The Hall–Kier alpha value is -4.02. The molecule has 8 heteroatoms. The highest BCUT2D eigenvalue weighted by Crippen LogP contribution is 2.32. The van der Waals surface area contributed by atoms with Crippen LogP contribution < -0.4 is 10.5 Å². The summed E-state index contributed by atoms with van der Waals surface area (Å²) >= 11 is 6.35. The maximum Gasteiger partial charge on any atom is 0.289 e. The maximum atomic E-state index is 13.5. The lowest BCUT2D eigenvalue weighted by atomic mass is 10.1. The van der Waals surface area contributed by atoms with Gasteiger partial charge in [0.1, 0.15) is 11.6 Å². The van der Waals surface area contributed by atoms with E-state index in [-0.39, 0.29) is 17.0 Å². The summed E-state index contributed by atoms with van der Waals surface area (Å²) in [6.07, 6.45) is 1.48. The smallest absolute Gasteiger partial charge is 0.289 e. The summed E-state index contributed by atoms with van der Waals surface area (Å²) in [6, 6.07) is 20.5. The molecule has 0 bridgehead atoms. The van der Waals surface area contributed by atoms with Gasteiger partial charge >= 0.3 is 0 Å². The number of rotatable bonds is 4. The molecular weight excluding hydrogens is 452 g/mol. The van der Waals surface area contributed by atoms with Crippen molar-refractivity contribution in [1.82, 2.24) is 9.47 Å². The van der Waals surface area contributed by atoms with Gasteiger partial charge in [-0.15, -0.1) is 0 Å². The second-order valence-electron chi connectivity index (χ2n) is 8.13. The second-order valence-corrected chi connectivity index (χ2v) is 8.57. The first-order chi connectivity index (χ1) is 16.6. The van der Waals surface area contributed by atoms with Crippen LogP contribution in [0.4, 0.5) is 5.69 Å². The van der Waals surface area contributed by atoms with Gasteiger partial charge in [0.25, 0.3) is 11.5 Å². The average Bonchev–Trinajstić information content (AvgIpc) is 3.41. The summed E-state index contributed by atoms with van der Waals surface area (Å²) in [5.74, 6) is 0.128. The molecule has 0 unspecified atom stereocenters. The summed E-state index contributed by atoms with van der Waals surface area (Å²) in [5.41, 5.74) is 1.98. The Bertz CT molecular complexity index is 1450. The normalized spacial score (nSPS) is 13.8. The molecule has 2 aromatic carbocycles. The van der Waals surface area contributed by atoms with Gasteiger partial charge in [-0.1, -0.05) is 41.9 Å². The van der Waals surface area contributed by atoms with Gasteiger partial charge in [0.15, 0.2) is 5.76 Å². The van der Waals surface area contributed by atoms with E-state index >= 15 is 0 Å². The molecule has 1 amide bonds. The molecule has 1 aliphatic heterocycles. The van der Waals surface area contributed by atoms with Crippen LogP contribution in [0.25, 0.3) is 10.9 Å². The molecule has 0 saturated carbocycles. The van der Waals surface area contributed by atoms with Crippen LogP contribution in [0.2, 0.25) is 5.02 Å². The van der Waals surface area contributed by atoms with Crippen molar-refractivity contribution >= 4 is 34.1 Å². The number of amides is 1. The van der Waals surface area contributed by atoms with Crippen LogP contribution in [-0.2, 0) is 6.54 Å². The second kappa shape index (κ2) is 9.08. The third-order valence-corrected chi connectivity index (χ3v) is 6.35. The highest BCUT2D eigenvalue weighted by molar-refractivity contribution is 6.31. The van der Waals surface area contributed by atoms with Crippen LogP contribution in [0.1, 0.15) is 21.7 Å². The number of carbonyl (C=O) groups is 1. The number of hydrogen-bond donors (Lipinski definition) is 0. The van der Waals surface area contributed by atoms with Crippen molar-refractivity contribution in [3.8, 4) is 6.07 Å². The van der Waals surface area contributed by atoms with Gasteiger partial charge < -0.3 is 18.8 Å². The predicted octanol–water partition coefficient (Wildman–Crippen LogP) is 4.13. The van der Waals surface area contributed by atoms with Gasteiger partial charge in [-0.25, -0.2) is 0 Å². The fourth-order valence-corrected chi connectivity index (χ4v) is 4.63. The fourth-order valence-electron chi connectivity index (χ4n) is 4.46. The van der Waals surface area contributed by atoms with Crippen molar-refractivity contribution in [3.05, 3.63) is 99.2 Å². The first-order valence-electron chi connectivity index (χ1n) is 10.9. The van der Waals surface area contributed by atoms with E-state index in [2.05, 4.69) is 6.07 Å². The molecule has 1 aliphatic rings. The third kappa shape index (κ3) is 3.93. The Labute approximate surface area is 201 Å². The van der Waals surface area contributed by atoms with Gasteiger partial charge in [0.2, 0.25) is 0 Å². The number of anilines is 1. The van der Waals surface area contributed by atoms with E-state index in [1.807, 2.05) is 41.3 Å². The molecule has 0 atom stereocenters. The Morgan fingerprint density at radius 2 is 1.79 bits per heavy atom. The first-order valence-corrected chi connectivity index (χ1v) is 11.3. The van der Waals surface area contributed by atoms with Gasteiger partial charge in [-0.05, 0) is 35.9 Å². The topological polar surface area (TPSA) is 82.5 Å². The largest absolute Gasteiger partial charge is 0.459 e. The molecule has 1 fully saturated rings. The minimum Gasteiger partial charge on any atom is -0.459 e. The standard InChI is InChI=1S/C26H21ClN4O3/c27-19-8-9-22-20(15-19)24(21(16-28)25(32)31(22)17-18-5-2-1-3-6-18)29-10-12-30(13-11-29)26(33)23-7-4-14-34-23/h1-9,14-15H,10-13,17H2. The molecule has 5 rings (SSSR count). The average molecular weight is 473 g/mol. The zero-order valence-corrected chi connectivity index (χ0v) is 19.0. The summed E-state index contributed by atoms with van der Waals surface area (Å²) in [4.78, 5) is 29.9. The first kappa shape index (κ1) is 21.8. The number of pyridine rings is 1. The number of halogens is 1. The van der Waals surface area contributed by atoms with Crippen LogP contribution in [0.15, 0.2) is 76.1 Å². The lowest BCUT2D eigenvalue weighted by Crippen LogP contribution is -2.49. The number of nitrogens with zero attached hydrogens (tertiary/aromatic N) is 4. The van der Waals surface area contributed by atoms with Crippen LogP contribution in [-0.4, -0.2) is 41.6 Å². The molecule has 0 radical (unpaired) electrons. The minimum absolute atomic E-state index is 0.0801. The molecule has 7 nitrogen and oxygen atoms in total. The van der Waals surface area contributed by atoms with Crippen molar-refractivity contribution in [3.63, 3.8) is 0 Å². The molecule has 4 aromatic rings. The SMILES string of the molecule is N#Cc1c(N2CCN(C(=O)c3ccco3)CC2)c2cc(Cl)ccc2n(Cc2ccccc2)c1=O. The minimum atomic E-state index is -0.342. The van der Waals surface area contributed by atoms with Crippen molar-refractivity contribution in [2.75, 3.05) is 31.1 Å².